The summed E-state index contributed by atoms with van der Waals surface area (Å²) in [5.74, 6) is -0.207. The highest BCUT2D eigenvalue weighted by Crippen LogP contribution is 2.40. The average Bonchev–Trinajstić information content (AvgIpc) is 2.63. The van der Waals surface area contributed by atoms with Gasteiger partial charge >= 0.3 is 5.97 Å². The molecule has 1 amide bonds. The summed E-state index contributed by atoms with van der Waals surface area (Å²) in [5.41, 5.74) is 3.49. The molecule has 26 heavy (non-hydrogen) atoms. The molecule has 136 valence electrons. The lowest BCUT2D eigenvalue weighted by Crippen LogP contribution is -2.44. The van der Waals surface area contributed by atoms with Crippen molar-refractivity contribution in [3.63, 3.8) is 0 Å². The van der Waals surface area contributed by atoms with Gasteiger partial charge in [-0.05, 0) is 38.5 Å². The fourth-order valence-corrected chi connectivity index (χ4v) is 3.49. The zero-order valence-corrected chi connectivity index (χ0v) is 15.6. The molecule has 2 aromatic carbocycles. The SMILES string of the molecule is CCCC(=O)O[C@H]1C[C@H](C)N(C(=O)c2ccccc2)c2ccc(C)cc21. The van der Waals surface area contributed by atoms with Crippen molar-refractivity contribution in [2.24, 2.45) is 0 Å². The van der Waals surface area contributed by atoms with E-state index in [9.17, 15) is 9.59 Å². The van der Waals surface area contributed by atoms with E-state index < -0.39 is 0 Å². The molecule has 0 saturated carbocycles. The highest BCUT2D eigenvalue weighted by molar-refractivity contribution is 6.07. The molecule has 3 rings (SSSR count). The Balaban J connectivity index is 1.98. The van der Waals surface area contributed by atoms with Gasteiger partial charge in [-0.1, -0.05) is 42.8 Å². The zero-order chi connectivity index (χ0) is 18.7. The Labute approximate surface area is 154 Å². The maximum atomic E-state index is 13.1. The molecule has 1 aliphatic rings. The van der Waals surface area contributed by atoms with Crippen molar-refractivity contribution >= 4 is 17.6 Å². The molecular weight excluding hydrogens is 326 g/mol. The first-order valence-electron chi connectivity index (χ1n) is 9.20. The van der Waals surface area contributed by atoms with E-state index in [2.05, 4.69) is 0 Å². The Hall–Kier alpha value is -2.62. The Morgan fingerprint density at radius 3 is 2.58 bits per heavy atom. The Bertz CT molecular complexity index is 800. The summed E-state index contributed by atoms with van der Waals surface area (Å²) >= 11 is 0. The number of fused-ring (bicyclic) bond motifs is 1. The first-order chi connectivity index (χ1) is 12.5. The van der Waals surface area contributed by atoms with Crippen LogP contribution in [0.4, 0.5) is 5.69 Å². The van der Waals surface area contributed by atoms with Crippen LogP contribution in [0.1, 0.15) is 60.7 Å². The third kappa shape index (κ3) is 3.64. The van der Waals surface area contributed by atoms with Crippen LogP contribution in [0.15, 0.2) is 48.5 Å². The minimum Gasteiger partial charge on any atom is -0.457 e. The van der Waals surface area contributed by atoms with Crippen LogP contribution in [0, 0.1) is 6.92 Å². The van der Waals surface area contributed by atoms with Crippen molar-refractivity contribution in [2.75, 3.05) is 4.90 Å². The number of anilines is 1. The number of carbonyl (C=O) groups is 2. The lowest BCUT2D eigenvalue weighted by molar-refractivity contribution is -0.150. The number of amides is 1. The highest BCUT2D eigenvalue weighted by atomic mass is 16.5. The molecule has 0 bridgehead atoms. The van der Waals surface area contributed by atoms with Crippen LogP contribution in [0.3, 0.4) is 0 Å². The van der Waals surface area contributed by atoms with E-state index in [0.717, 1.165) is 23.2 Å². The van der Waals surface area contributed by atoms with E-state index in [1.165, 1.54) is 0 Å². The topological polar surface area (TPSA) is 46.6 Å². The van der Waals surface area contributed by atoms with E-state index in [0.29, 0.717) is 18.4 Å². The van der Waals surface area contributed by atoms with Gasteiger partial charge in [-0.2, -0.15) is 0 Å². The lowest BCUT2D eigenvalue weighted by atomic mass is 9.91. The van der Waals surface area contributed by atoms with Gasteiger partial charge in [0.2, 0.25) is 0 Å². The van der Waals surface area contributed by atoms with E-state index >= 15 is 0 Å². The lowest BCUT2D eigenvalue weighted by Gasteiger charge is -2.39. The van der Waals surface area contributed by atoms with Crippen molar-refractivity contribution < 1.29 is 14.3 Å². The number of carbonyl (C=O) groups excluding carboxylic acids is 2. The first-order valence-corrected chi connectivity index (χ1v) is 9.20. The predicted octanol–water partition coefficient (Wildman–Crippen LogP) is 4.82. The van der Waals surface area contributed by atoms with Gasteiger partial charge in [-0.3, -0.25) is 9.59 Å². The Morgan fingerprint density at radius 1 is 1.15 bits per heavy atom. The molecule has 0 saturated heterocycles. The Kier molecular flexibility index (Phi) is 5.40. The van der Waals surface area contributed by atoms with Crippen LogP contribution in [0.5, 0.6) is 0 Å². The van der Waals surface area contributed by atoms with Crippen LogP contribution >= 0.6 is 0 Å². The van der Waals surface area contributed by atoms with Crippen LogP contribution in [-0.4, -0.2) is 17.9 Å². The molecule has 1 aliphatic heterocycles. The molecular formula is C22H25NO3. The van der Waals surface area contributed by atoms with Crippen molar-refractivity contribution in [1.29, 1.82) is 0 Å². The smallest absolute Gasteiger partial charge is 0.306 e. The summed E-state index contributed by atoms with van der Waals surface area (Å²) in [6.45, 7) is 5.97. The standard InChI is InChI=1S/C22H25NO3/c1-4-8-21(24)26-20-14-16(3)23(19-12-11-15(2)13-18(19)20)22(25)17-9-6-5-7-10-17/h5-7,9-13,16,20H,4,8,14H2,1-3H3/t16-,20-/m0/s1. The van der Waals surface area contributed by atoms with Gasteiger partial charge in [0.1, 0.15) is 6.10 Å². The van der Waals surface area contributed by atoms with Crippen LogP contribution in [0.25, 0.3) is 0 Å². The number of esters is 1. The summed E-state index contributed by atoms with van der Waals surface area (Å²) in [4.78, 5) is 27.0. The van der Waals surface area contributed by atoms with Gasteiger partial charge in [0.25, 0.3) is 5.91 Å². The van der Waals surface area contributed by atoms with Gasteiger partial charge < -0.3 is 9.64 Å². The Morgan fingerprint density at radius 2 is 1.88 bits per heavy atom. The van der Waals surface area contributed by atoms with Crippen molar-refractivity contribution in [3.05, 3.63) is 65.2 Å². The minimum atomic E-state index is -0.307. The van der Waals surface area contributed by atoms with Crippen LogP contribution in [0.2, 0.25) is 0 Å². The molecule has 2 atom stereocenters. The quantitative estimate of drug-likeness (QED) is 0.742. The largest absolute Gasteiger partial charge is 0.457 e. The second-order valence-electron chi connectivity index (χ2n) is 6.92. The van der Waals surface area contributed by atoms with Crippen LogP contribution < -0.4 is 4.90 Å². The fourth-order valence-electron chi connectivity index (χ4n) is 3.49. The van der Waals surface area contributed by atoms with Gasteiger partial charge in [0.05, 0.1) is 5.69 Å². The molecule has 0 aromatic heterocycles. The zero-order valence-electron chi connectivity index (χ0n) is 15.6. The third-order valence-electron chi connectivity index (χ3n) is 4.75. The number of rotatable bonds is 4. The van der Waals surface area contributed by atoms with E-state index in [1.54, 1.807) is 0 Å². The number of ether oxygens (including phenoxy) is 1. The van der Waals surface area contributed by atoms with Crippen molar-refractivity contribution in [3.8, 4) is 0 Å². The van der Waals surface area contributed by atoms with Gasteiger partial charge in [-0.25, -0.2) is 0 Å². The summed E-state index contributed by atoms with van der Waals surface area (Å²) in [5, 5.41) is 0. The van der Waals surface area contributed by atoms with E-state index in [4.69, 9.17) is 4.74 Å². The number of aryl methyl sites for hydroxylation is 1. The van der Waals surface area contributed by atoms with Gasteiger partial charge in [-0.15, -0.1) is 0 Å². The molecule has 0 fully saturated rings. The average molecular weight is 351 g/mol. The van der Waals surface area contributed by atoms with Gasteiger partial charge in [0, 0.05) is 30.0 Å². The van der Waals surface area contributed by atoms with Gasteiger partial charge in [0.15, 0.2) is 0 Å². The summed E-state index contributed by atoms with van der Waals surface area (Å²) < 4.78 is 5.74. The molecule has 0 spiro atoms. The molecule has 0 N–H and O–H groups in total. The van der Waals surface area contributed by atoms with Crippen molar-refractivity contribution in [1.82, 2.24) is 0 Å². The number of hydrogen-bond donors (Lipinski definition) is 0. The summed E-state index contributed by atoms with van der Waals surface area (Å²) in [7, 11) is 0. The monoisotopic (exact) mass is 351 g/mol. The van der Waals surface area contributed by atoms with Crippen LogP contribution in [-0.2, 0) is 9.53 Å². The molecule has 0 unspecified atom stereocenters. The fraction of sp³-hybridized carbons (Fsp3) is 0.364. The normalized spacial score (nSPS) is 19.0. The maximum Gasteiger partial charge on any atom is 0.306 e. The minimum absolute atomic E-state index is 0.0264. The number of hydrogen-bond acceptors (Lipinski definition) is 3. The van der Waals surface area contributed by atoms with Crippen molar-refractivity contribution in [2.45, 2.75) is 52.2 Å². The molecule has 1 heterocycles. The molecule has 4 heteroatoms. The highest BCUT2D eigenvalue weighted by Gasteiger charge is 2.35. The van der Waals surface area contributed by atoms with E-state index in [1.807, 2.05) is 74.2 Å². The predicted molar refractivity (Wildman–Crippen MR) is 102 cm³/mol. The van der Waals surface area contributed by atoms with E-state index in [-0.39, 0.29) is 24.0 Å². The molecule has 0 radical (unpaired) electrons. The second-order valence-corrected chi connectivity index (χ2v) is 6.92. The summed E-state index contributed by atoms with van der Waals surface area (Å²) in [6, 6.07) is 15.2. The maximum absolute atomic E-state index is 13.1. The first kappa shape index (κ1) is 18.2. The molecule has 2 aromatic rings. The number of benzene rings is 2. The second kappa shape index (κ2) is 7.73. The summed E-state index contributed by atoms with van der Waals surface area (Å²) in [6.07, 6.45) is 1.47. The molecule has 0 aliphatic carbocycles. The number of nitrogens with zero attached hydrogens (tertiary/aromatic N) is 1. The molecule has 4 nitrogen and oxygen atoms in total. The third-order valence-corrected chi connectivity index (χ3v) is 4.75.